The van der Waals surface area contributed by atoms with Crippen LogP contribution in [0.2, 0.25) is 0 Å². The van der Waals surface area contributed by atoms with Crippen LogP contribution in [-0.4, -0.2) is 11.0 Å². The standard InChI is InChI=1S/C13H19FN2O2/c1-4-10(5-2)9(3)15-12-8-6-7-11(14)13(12)16(17)18/h6-10,15H,4-5H2,1-3H3. The third-order valence-corrected chi connectivity index (χ3v) is 3.31. The maximum atomic E-state index is 13.4. The largest absolute Gasteiger partial charge is 0.377 e. The van der Waals surface area contributed by atoms with Gasteiger partial charge in [0.05, 0.1) is 4.92 Å². The Labute approximate surface area is 106 Å². The summed E-state index contributed by atoms with van der Waals surface area (Å²) in [5, 5.41) is 13.9. The number of rotatable bonds is 6. The van der Waals surface area contributed by atoms with Crippen molar-refractivity contribution in [1.29, 1.82) is 0 Å². The maximum Gasteiger partial charge on any atom is 0.327 e. The number of para-hydroxylation sites is 1. The van der Waals surface area contributed by atoms with Gasteiger partial charge in [0.1, 0.15) is 5.69 Å². The Morgan fingerprint density at radius 3 is 2.50 bits per heavy atom. The minimum atomic E-state index is -0.804. The van der Waals surface area contributed by atoms with Crippen LogP contribution in [0.4, 0.5) is 15.8 Å². The summed E-state index contributed by atoms with van der Waals surface area (Å²) in [5.74, 6) is -0.394. The summed E-state index contributed by atoms with van der Waals surface area (Å²) in [6.07, 6.45) is 1.96. The molecule has 1 atom stereocenters. The van der Waals surface area contributed by atoms with E-state index in [4.69, 9.17) is 0 Å². The van der Waals surface area contributed by atoms with E-state index in [-0.39, 0.29) is 11.7 Å². The van der Waals surface area contributed by atoms with Gasteiger partial charge in [0, 0.05) is 6.04 Å². The van der Waals surface area contributed by atoms with Gasteiger partial charge in [-0.15, -0.1) is 0 Å². The van der Waals surface area contributed by atoms with E-state index in [2.05, 4.69) is 19.2 Å². The van der Waals surface area contributed by atoms with Crippen LogP contribution in [-0.2, 0) is 0 Å². The lowest BCUT2D eigenvalue weighted by Gasteiger charge is -2.23. The van der Waals surface area contributed by atoms with Gasteiger partial charge in [-0.1, -0.05) is 32.8 Å². The molecular weight excluding hydrogens is 235 g/mol. The molecule has 5 heteroatoms. The number of nitrogens with one attached hydrogen (secondary N) is 1. The number of nitro benzene ring substituents is 1. The number of nitro groups is 1. The molecule has 0 aliphatic heterocycles. The topological polar surface area (TPSA) is 55.2 Å². The van der Waals surface area contributed by atoms with Crippen molar-refractivity contribution in [3.63, 3.8) is 0 Å². The van der Waals surface area contributed by atoms with Crippen LogP contribution in [0.25, 0.3) is 0 Å². The highest BCUT2D eigenvalue weighted by molar-refractivity contribution is 5.62. The van der Waals surface area contributed by atoms with E-state index in [0.717, 1.165) is 18.9 Å². The molecule has 1 rings (SSSR count). The van der Waals surface area contributed by atoms with Crippen molar-refractivity contribution in [3.05, 3.63) is 34.1 Å². The van der Waals surface area contributed by atoms with Crippen LogP contribution in [0.15, 0.2) is 18.2 Å². The maximum absolute atomic E-state index is 13.4. The first-order chi connectivity index (χ1) is 8.51. The summed E-state index contributed by atoms with van der Waals surface area (Å²) in [4.78, 5) is 10.2. The Morgan fingerprint density at radius 1 is 1.39 bits per heavy atom. The monoisotopic (exact) mass is 254 g/mol. The number of hydrogen-bond donors (Lipinski definition) is 1. The summed E-state index contributed by atoms with van der Waals surface area (Å²) in [6, 6.07) is 4.19. The molecule has 0 radical (unpaired) electrons. The van der Waals surface area contributed by atoms with Crippen molar-refractivity contribution in [2.75, 3.05) is 5.32 Å². The van der Waals surface area contributed by atoms with E-state index in [9.17, 15) is 14.5 Å². The highest BCUT2D eigenvalue weighted by Gasteiger charge is 2.22. The molecule has 1 aromatic carbocycles. The lowest BCUT2D eigenvalue weighted by Crippen LogP contribution is -2.25. The smallest absolute Gasteiger partial charge is 0.327 e. The van der Waals surface area contributed by atoms with Gasteiger partial charge in [-0.05, 0) is 25.0 Å². The van der Waals surface area contributed by atoms with Gasteiger partial charge >= 0.3 is 5.69 Å². The van der Waals surface area contributed by atoms with Crippen LogP contribution < -0.4 is 5.32 Å². The number of hydrogen-bond acceptors (Lipinski definition) is 3. The fourth-order valence-corrected chi connectivity index (χ4v) is 2.18. The summed E-state index contributed by atoms with van der Waals surface area (Å²) in [7, 11) is 0. The highest BCUT2D eigenvalue weighted by atomic mass is 19.1. The molecule has 100 valence electrons. The zero-order valence-electron chi connectivity index (χ0n) is 10.9. The predicted molar refractivity (Wildman–Crippen MR) is 70.2 cm³/mol. The molecule has 0 saturated heterocycles. The molecule has 1 aromatic rings. The molecule has 0 aliphatic carbocycles. The Balaban J connectivity index is 2.97. The molecule has 0 aliphatic rings. The lowest BCUT2D eigenvalue weighted by atomic mass is 9.95. The molecule has 0 fully saturated rings. The summed E-state index contributed by atoms with van der Waals surface area (Å²) < 4.78 is 13.4. The molecule has 0 spiro atoms. The number of halogens is 1. The van der Waals surface area contributed by atoms with E-state index in [1.54, 1.807) is 6.07 Å². The summed E-state index contributed by atoms with van der Waals surface area (Å²) in [5.41, 5.74) is -0.227. The Morgan fingerprint density at radius 2 is 2.00 bits per heavy atom. The number of nitrogens with zero attached hydrogens (tertiary/aromatic N) is 1. The SMILES string of the molecule is CCC(CC)C(C)Nc1cccc(F)c1[N+](=O)[O-]. The minimum absolute atomic E-state index is 0.0699. The Bertz CT molecular complexity index is 419. The second-order valence-electron chi connectivity index (χ2n) is 4.40. The van der Waals surface area contributed by atoms with Crippen molar-refractivity contribution < 1.29 is 9.31 Å². The van der Waals surface area contributed by atoms with Gasteiger partial charge in [-0.3, -0.25) is 10.1 Å². The average molecular weight is 254 g/mol. The number of benzene rings is 1. The average Bonchev–Trinajstić information content (AvgIpc) is 2.30. The fourth-order valence-electron chi connectivity index (χ4n) is 2.18. The second-order valence-corrected chi connectivity index (χ2v) is 4.40. The van der Waals surface area contributed by atoms with Crippen molar-refractivity contribution in [1.82, 2.24) is 0 Å². The van der Waals surface area contributed by atoms with Gasteiger partial charge in [-0.25, -0.2) is 0 Å². The van der Waals surface area contributed by atoms with Crippen LogP contribution in [0.5, 0.6) is 0 Å². The zero-order valence-corrected chi connectivity index (χ0v) is 10.9. The molecule has 0 aromatic heterocycles. The molecule has 4 nitrogen and oxygen atoms in total. The predicted octanol–water partition coefficient (Wildman–Crippen LogP) is 3.97. The molecular formula is C13H19FN2O2. The van der Waals surface area contributed by atoms with Gasteiger partial charge in [0.15, 0.2) is 0 Å². The van der Waals surface area contributed by atoms with E-state index in [0.29, 0.717) is 5.92 Å². The molecule has 0 saturated carbocycles. The molecule has 1 unspecified atom stereocenters. The molecule has 0 heterocycles. The molecule has 18 heavy (non-hydrogen) atoms. The Hall–Kier alpha value is -1.65. The van der Waals surface area contributed by atoms with E-state index >= 15 is 0 Å². The van der Waals surface area contributed by atoms with Crippen molar-refractivity contribution in [3.8, 4) is 0 Å². The van der Waals surface area contributed by atoms with E-state index in [1.807, 2.05) is 6.92 Å². The van der Waals surface area contributed by atoms with Gasteiger partial charge in [0.25, 0.3) is 0 Å². The van der Waals surface area contributed by atoms with Gasteiger partial charge < -0.3 is 5.32 Å². The van der Waals surface area contributed by atoms with Crippen LogP contribution in [0, 0.1) is 21.8 Å². The third kappa shape index (κ3) is 3.18. The molecule has 0 bridgehead atoms. The lowest BCUT2D eigenvalue weighted by molar-refractivity contribution is -0.386. The first-order valence-corrected chi connectivity index (χ1v) is 6.20. The van der Waals surface area contributed by atoms with Crippen LogP contribution >= 0.6 is 0 Å². The van der Waals surface area contributed by atoms with Crippen molar-refractivity contribution in [2.45, 2.75) is 39.7 Å². The van der Waals surface area contributed by atoms with Gasteiger partial charge in [0.2, 0.25) is 5.82 Å². The van der Waals surface area contributed by atoms with Crippen molar-refractivity contribution >= 4 is 11.4 Å². The Kier molecular flexibility index (Phi) is 5.07. The third-order valence-electron chi connectivity index (χ3n) is 3.31. The summed E-state index contributed by atoms with van der Waals surface area (Å²) in [6.45, 7) is 6.12. The number of anilines is 1. The van der Waals surface area contributed by atoms with E-state index in [1.165, 1.54) is 6.07 Å². The van der Waals surface area contributed by atoms with Crippen LogP contribution in [0.1, 0.15) is 33.6 Å². The zero-order chi connectivity index (χ0) is 13.7. The van der Waals surface area contributed by atoms with E-state index < -0.39 is 16.4 Å². The summed E-state index contributed by atoms with van der Waals surface area (Å²) >= 11 is 0. The first-order valence-electron chi connectivity index (χ1n) is 6.20. The molecule has 0 amide bonds. The minimum Gasteiger partial charge on any atom is -0.377 e. The second kappa shape index (κ2) is 6.33. The quantitative estimate of drug-likeness (QED) is 0.617. The first kappa shape index (κ1) is 14.4. The highest BCUT2D eigenvalue weighted by Crippen LogP contribution is 2.29. The fraction of sp³-hybridized carbons (Fsp3) is 0.538. The molecule has 1 N–H and O–H groups in total. The van der Waals surface area contributed by atoms with Crippen LogP contribution in [0.3, 0.4) is 0 Å². The normalized spacial score (nSPS) is 12.5. The van der Waals surface area contributed by atoms with Crippen molar-refractivity contribution in [2.24, 2.45) is 5.92 Å². The van der Waals surface area contributed by atoms with Gasteiger partial charge in [-0.2, -0.15) is 4.39 Å².